The number of azide groups is 1. The van der Waals surface area contributed by atoms with E-state index in [0.29, 0.717) is 24.3 Å². The molecule has 1 heterocycles. The molecule has 1 saturated heterocycles. The van der Waals surface area contributed by atoms with Crippen molar-refractivity contribution in [2.45, 2.75) is 0 Å². The van der Waals surface area contributed by atoms with Gasteiger partial charge in [0.25, 0.3) is 5.91 Å². The van der Waals surface area contributed by atoms with Crippen LogP contribution < -0.4 is 0 Å². The van der Waals surface area contributed by atoms with Crippen molar-refractivity contribution in [3.63, 3.8) is 0 Å². The molecule has 0 saturated carbocycles. The molecule has 0 N–H and O–H groups in total. The van der Waals surface area contributed by atoms with Gasteiger partial charge in [0.05, 0.1) is 0 Å². The zero-order chi connectivity index (χ0) is 13.8. The molecule has 1 aromatic carbocycles. The van der Waals surface area contributed by atoms with Gasteiger partial charge < -0.3 is 9.80 Å². The zero-order valence-corrected chi connectivity index (χ0v) is 10.5. The highest BCUT2D eigenvalue weighted by Gasteiger charge is 2.25. The molecular weight excluding hydrogens is 246 g/mol. The Morgan fingerprint density at radius 3 is 2.58 bits per heavy atom. The Kier molecular flexibility index (Phi) is 3.68. The lowest BCUT2D eigenvalue weighted by molar-refractivity contribution is -0.133. The van der Waals surface area contributed by atoms with Crippen molar-refractivity contribution in [1.29, 1.82) is 0 Å². The molecule has 7 nitrogen and oxygen atoms in total. The first kappa shape index (κ1) is 12.9. The van der Waals surface area contributed by atoms with Gasteiger partial charge in [0.2, 0.25) is 5.91 Å². The monoisotopic (exact) mass is 259 g/mol. The smallest absolute Gasteiger partial charge is 0.254 e. The average Bonchev–Trinajstić information content (AvgIpc) is 2.42. The van der Waals surface area contributed by atoms with Crippen LogP contribution in [0.1, 0.15) is 10.4 Å². The molecule has 0 bridgehead atoms. The highest BCUT2D eigenvalue weighted by Crippen LogP contribution is 2.15. The molecule has 98 valence electrons. The lowest BCUT2D eigenvalue weighted by Crippen LogP contribution is -2.50. The first-order valence-electron chi connectivity index (χ1n) is 5.80. The van der Waals surface area contributed by atoms with E-state index in [0.717, 1.165) is 0 Å². The lowest BCUT2D eigenvalue weighted by atomic mass is 10.1. The third-order valence-corrected chi connectivity index (χ3v) is 3.02. The number of piperazine rings is 1. The summed E-state index contributed by atoms with van der Waals surface area (Å²) in [6, 6.07) is 6.33. The van der Waals surface area contributed by atoms with Crippen LogP contribution in [0.15, 0.2) is 29.4 Å². The number of likely N-dealkylation sites (N-methyl/N-ethyl adjacent to an activating group) is 1. The maximum absolute atomic E-state index is 12.2. The summed E-state index contributed by atoms with van der Waals surface area (Å²) in [5.74, 6) is -0.251. The second-order valence-electron chi connectivity index (χ2n) is 4.28. The fourth-order valence-corrected chi connectivity index (χ4v) is 1.84. The van der Waals surface area contributed by atoms with Crippen LogP contribution in [0, 0.1) is 0 Å². The number of hydrogen-bond acceptors (Lipinski definition) is 3. The van der Waals surface area contributed by atoms with Crippen LogP contribution in [0.3, 0.4) is 0 Å². The van der Waals surface area contributed by atoms with Gasteiger partial charge in [-0.15, -0.1) is 0 Å². The van der Waals surface area contributed by atoms with Crippen molar-refractivity contribution < 1.29 is 9.59 Å². The fraction of sp³-hybridized carbons (Fsp3) is 0.333. The molecule has 2 amide bonds. The zero-order valence-electron chi connectivity index (χ0n) is 10.5. The molecule has 1 aromatic rings. The molecule has 1 aliphatic heterocycles. The van der Waals surface area contributed by atoms with E-state index < -0.39 is 0 Å². The van der Waals surface area contributed by atoms with Crippen LogP contribution in [-0.2, 0) is 4.79 Å². The van der Waals surface area contributed by atoms with Crippen LogP contribution in [0.2, 0.25) is 0 Å². The Balaban J connectivity index is 2.11. The van der Waals surface area contributed by atoms with Gasteiger partial charge in [-0.05, 0) is 17.7 Å². The van der Waals surface area contributed by atoms with Crippen molar-refractivity contribution in [3.8, 4) is 0 Å². The molecule has 1 aliphatic rings. The SMILES string of the molecule is CN1CCN(C(=O)c2ccc(N=[N+]=[N-])cc2)CC1=O. The molecule has 2 rings (SSSR count). The van der Waals surface area contributed by atoms with E-state index in [2.05, 4.69) is 10.0 Å². The third kappa shape index (κ3) is 2.83. The predicted octanol–water partition coefficient (Wildman–Crippen LogP) is 1.54. The number of benzene rings is 1. The second kappa shape index (κ2) is 5.41. The van der Waals surface area contributed by atoms with Crippen molar-refractivity contribution in [2.75, 3.05) is 26.7 Å². The Labute approximate surface area is 110 Å². The summed E-state index contributed by atoms with van der Waals surface area (Å²) in [7, 11) is 1.72. The number of carbonyl (C=O) groups is 2. The quantitative estimate of drug-likeness (QED) is 0.458. The molecule has 1 fully saturated rings. The summed E-state index contributed by atoms with van der Waals surface area (Å²) in [4.78, 5) is 29.5. The van der Waals surface area contributed by atoms with Crippen molar-refractivity contribution in [1.82, 2.24) is 9.80 Å². The van der Waals surface area contributed by atoms with Gasteiger partial charge in [-0.3, -0.25) is 9.59 Å². The molecule has 0 aromatic heterocycles. The van der Waals surface area contributed by atoms with E-state index in [9.17, 15) is 9.59 Å². The minimum atomic E-state index is -0.186. The van der Waals surface area contributed by atoms with Gasteiger partial charge in [0.1, 0.15) is 6.54 Å². The van der Waals surface area contributed by atoms with Gasteiger partial charge in [-0.2, -0.15) is 0 Å². The lowest BCUT2D eigenvalue weighted by Gasteiger charge is -2.32. The molecule has 0 aliphatic carbocycles. The highest BCUT2D eigenvalue weighted by atomic mass is 16.2. The largest absolute Gasteiger partial charge is 0.342 e. The summed E-state index contributed by atoms with van der Waals surface area (Å²) in [6.45, 7) is 1.17. The first-order chi connectivity index (χ1) is 9.11. The van der Waals surface area contributed by atoms with Crippen LogP contribution in [0.25, 0.3) is 10.4 Å². The molecule has 0 atom stereocenters. The van der Waals surface area contributed by atoms with Crippen LogP contribution in [0.5, 0.6) is 0 Å². The topological polar surface area (TPSA) is 89.4 Å². The fourth-order valence-electron chi connectivity index (χ4n) is 1.84. The Hall–Kier alpha value is -2.53. The van der Waals surface area contributed by atoms with Crippen molar-refractivity contribution >= 4 is 17.5 Å². The van der Waals surface area contributed by atoms with Gasteiger partial charge in [0, 0.05) is 36.3 Å². The number of carbonyl (C=O) groups excluding carboxylic acids is 2. The Bertz CT molecular complexity index is 548. The number of hydrogen-bond donors (Lipinski definition) is 0. The highest BCUT2D eigenvalue weighted by molar-refractivity contribution is 5.97. The number of nitrogens with zero attached hydrogens (tertiary/aromatic N) is 5. The molecule has 7 heteroatoms. The predicted molar refractivity (Wildman–Crippen MR) is 68.8 cm³/mol. The summed E-state index contributed by atoms with van der Waals surface area (Å²) in [6.07, 6.45) is 0. The van der Waals surface area contributed by atoms with Gasteiger partial charge in [0.15, 0.2) is 0 Å². The standard InChI is InChI=1S/C12H13N5O2/c1-16-6-7-17(8-11(16)18)12(19)9-2-4-10(5-3-9)14-15-13/h2-5H,6-8H2,1H3. The first-order valence-corrected chi connectivity index (χ1v) is 5.80. The maximum Gasteiger partial charge on any atom is 0.254 e. The summed E-state index contributed by atoms with van der Waals surface area (Å²) < 4.78 is 0. The summed E-state index contributed by atoms with van der Waals surface area (Å²) in [5.41, 5.74) is 9.23. The minimum Gasteiger partial charge on any atom is -0.342 e. The van der Waals surface area contributed by atoms with E-state index in [1.807, 2.05) is 0 Å². The molecular formula is C12H13N5O2. The van der Waals surface area contributed by atoms with E-state index in [-0.39, 0.29) is 18.4 Å². The van der Waals surface area contributed by atoms with Gasteiger partial charge in [-0.25, -0.2) is 0 Å². The van der Waals surface area contributed by atoms with Crippen molar-refractivity contribution in [3.05, 3.63) is 40.3 Å². The average molecular weight is 259 g/mol. The van der Waals surface area contributed by atoms with E-state index in [4.69, 9.17) is 5.53 Å². The Morgan fingerprint density at radius 1 is 1.32 bits per heavy atom. The van der Waals surface area contributed by atoms with Gasteiger partial charge in [-0.1, -0.05) is 17.2 Å². The van der Waals surface area contributed by atoms with Crippen LogP contribution >= 0.6 is 0 Å². The maximum atomic E-state index is 12.2. The van der Waals surface area contributed by atoms with E-state index in [1.54, 1.807) is 36.2 Å². The normalized spacial score (nSPS) is 15.1. The Morgan fingerprint density at radius 2 is 2.00 bits per heavy atom. The van der Waals surface area contributed by atoms with Crippen LogP contribution in [-0.4, -0.2) is 48.3 Å². The van der Waals surface area contributed by atoms with Crippen LogP contribution in [0.4, 0.5) is 5.69 Å². The number of rotatable bonds is 2. The molecule has 0 spiro atoms. The molecule has 0 unspecified atom stereocenters. The summed E-state index contributed by atoms with van der Waals surface area (Å²) in [5, 5.41) is 3.44. The molecule has 0 radical (unpaired) electrons. The number of amides is 2. The van der Waals surface area contributed by atoms with Gasteiger partial charge >= 0.3 is 0 Å². The minimum absolute atomic E-state index is 0.0645. The van der Waals surface area contributed by atoms with E-state index >= 15 is 0 Å². The third-order valence-electron chi connectivity index (χ3n) is 3.02. The summed E-state index contributed by atoms with van der Waals surface area (Å²) >= 11 is 0. The second-order valence-corrected chi connectivity index (χ2v) is 4.28. The van der Waals surface area contributed by atoms with Crippen molar-refractivity contribution in [2.24, 2.45) is 5.11 Å². The van der Waals surface area contributed by atoms with E-state index in [1.165, 1.54) is 4.90 Å². The molecule has 19 heavy (non-hydrogen) atoms.